The minimum Gasteiger partial charge on any atom is -0.385 e. The number of ether oxygens (including phenoxy) is 1. The van der Waals surface area contributed by atoms with E-state index in [9.17, 15) is 0 Å². The largest absolute Gasteiger partial charge is 0.385 e. The van der Waals surface area contributed by atoms with E-state index in [2.05, 4.69) is 4.90 Å². The predicted molar refractivity (Wildman–Crippen MR) is 73.4 cm³/mol. The van der Waals surface area contributed by atoms with Crippen LogP contribution in [-0.2, 0) is 11.3 Å². The van der Waals surface area contributed by atoms with Crippen LogP contribution in [0.5, 0.6) is 0 Å². The maximum Gasteiger partial charge on any atom is 0.127 e. The van der Waals surface area contributed by atoms with Crippen LogP contribution in [-0.4, -0.2) is 36.5 Å². The minimum absolute atomic E-state index is 0.0776. The van der Waals surface area contributed by atoms with Crippen LogP contribution < -0.4 is 5.73 Å². The molecule has 1 saturated heterocycles. The summed E-state index contributed by atoms with van der Waals surface area (Å²) in [6.07, 6.45) is -0.304. The second-order valence-electron chi connectivity index (χ2n) is 4.30. The van der Waals surface area contributed by atoms with Gasteiger partial charge in [-0.1, -0.05) is 29.3 Å². The Hall–Kier alpha value is -0.810. The molecule has 0 radical (unpaired) electrons. The summed E-state index contributed by atoms with van der Waals surface area (Å²) in [5.74, 6) is 0.0776. The van der Waals surface area contributed by atoms with Gasteiger partial charge in [0.05, 0.1) is 16.7 Å². The minimum atomic E-state index is -0.304. The van der Waals surface area contributed by atoms with E-state index in [1.807, 2.05) is 12.1 Å². The zero-order valence-corrected chi connectivity index (χ0v) is 11.3. The fourth-order valence-electron chi connectivity index (χ4n) is 1.93. The van der Waals surface area contributed by atoms with Gasteiger partial charge in [-0.05, 0) is 17.7 Å². The third-order valence-corrected chi connectivity index (χ3v) is 3.63. The molecule has 1 atom stereocenters. The summed E-state index contributed by atoms with van der Waals surface area (Å²) in [5.41, 5.74) is 6.55. The van der Waals surface area contributed by atoms with Crippen molar-refractivity contribution in [2.24, 2.45) is 5.73 Å². The Labute approximate surface area is 116 Å². The van der Waals surface area contributed by atoms with Crippen molar-refractivity contribution in [3.8, 4) is 0 Å². The molecule has 1 fully saturated rings. The molecule has 3 N–H and O–H groups in total. The van der Waals surface area contributed by atoms with Crippen molar-refractivity contribution in [1.82, 2.24) is 4.90 Å². The zero-order chi connectivity index (χ0) is 13.1. The van der Waals surface area contributed by atoms with Crippen molar-refractivity contribution in [3.05, 3.63) is 33.8 Å². The summed E-state index contributed by atoms with van der Waals surface area (Å²) >= 11 is 11.9. The van der Waals surface area contributed by atoms with Crippen molar-refractivity contribution in [1.29, 1.82) is 5.41 Å². The molecule has 1 aromatic rings. The SMILES string of the molecule is N=C(N)C1CN(Cc2ccc(Cl)c(Cl)c2)CCO1. The highest BCUT2D eigenvalue weighted by Gasteiger charge is 2.22. The molecule has 2 rings (SSSR count). The molecule has 98 valence electrons. The Morgan fingerprint density at radius 1 is 1.44 bits per heavy atom. The molecule has 0 aromatic heterocycles. The van der Waals surface area contributed by atoms with Gasteiger partial charge >= 0.3 is 0 Å². The highest BCUT2D eigenvalue weighted by molar-refractivity contribution is 6.42. The Morgan fingerprint density at radius 3 is 2.89 bits per heavy atom. The zero-order valence-electron chi connectivity index (χ0n) is 9.83. The van der Waals surface area contributed by atoms with Gasteiger partial charge < -0.3 is 10.5 Å². The van der Waals surface area contributed by atoms with Crippen molar-refractivity contribution in [2.75, 3.05) is 19.7 Å². The molecule has 6 heteroatoms. The predicted octanol–water partition coefficient (Wildman–Crippen LogP) is 2.13. The summed E-state index contributed by atoms with van der Waals surface area (Å²) in [6, 6.07) is 5.61. The van der Waals surface area contributed by atoms with E-state index < -0.39 is 0 Å². The lowest BCUT2D eigenvalue weighted by Crippen LogP contribution is -2.47. The van der Waals surface area contributed by atoms with Crippen LogP contribution in [0, 0.1) is 5.41 Å². The number of halogens is 2. The maximum atomic E-state index is 7.41. The topological polar surface area (TPSA) is 62.3 Å². The lowest BCUT2D eigenvalue weighted by molar-refractivity contribution is 0.00236. The number of rotatable bonds is 3. The second kappa shape index (κ2) is 5.89. The number of hydrogen-bond donors (Lipinski definition) is 2. The van der Waals surface area contributed by atoms with Crippen LogP contribution in [0.1, 0.15) is 5.56 Å². The fourth-order valence-corrected chi connectivity index (χ4v) is 2.25. The number of hydrogen-bond acceptors (Lipinski definition) is 3. The van der Waals surface area contributed by atoms with Crippen molar-refractivity contribution >= 4 is 29.0 Å². The standard InChI is InChI=1S/C12H15Cl2N3O/c13-9-2-1-8(5-10(9)14)6-17-3-4-18-11(7-17)12(15)16/h1-2,5,11H,3-4,6-7H2,(H3,15,16). The van der Waals surface area contributed by atoms with Gasteiger partial charge in [0.25, 0.3) is 0 Å². The van der Waals surface area contributed by atoms with Gasteiger partial charge in [0.15, 0.2) is 0 Å². The number of nitrogens with two attached hydrogens (primary N) is 1. The van der Waals surface area contributed by atoms with E-state index in [0.717, 1.165) is 18.7 Å². The summed E-state index contributed by atoms with van der Waals surface area (Å²) < 4.78 is 5.41. The molecule has 0 amide bonds. The van der Waals surface area contributed by atoms with Gasteiger partial charge in [-0.3, -0.25) is 10.3 Å². The molecule has 0 spiro atoms. The molecular formula is C12H15Cl2N3O. The van der Waals surface area contributed by atoms with E-state index in [1.165, 1.54) is 0 Å². The van der Waals surface area contributed by atoms with Crippen LogP contribution in [0.25, 0.3) is 0 Å². The second-order valence-corrected chi connectivity index (χ2v) is 5.11. The molecule has 1 aliphatic rings. The van der Waals surface area contributed by atoms with E-state index >= 15 is 0 Å². The molecule has 4 nitrogen and oxygen atoms in total. The highest BCUT2D eigenvalue weighted by atomic mass is 35.5. The van der Waals surface area contributed by atoms with Crippen LogP contribution in [0.2, 0.25) is 10.0 Å². The lowest BCUT2D eigenvalue weighted by Gasteiger charge is -2.32. The summed E-state index contributed by atoms with van der Waals surface area (Å²) in [5, 5.41) is 8.53. The number of nitrogens with zero attached hydrogens (tertiary/aromatic N) is 1. The number of morpholine rings is 1. The van der Waals surface area contributed by atoms with Gasteiger partial charge in [-0.2, -0.15) is 0 Å². The van der Waals surface area contributed by atoms with Gasteiger partial charge in [-0.25, -0.2) is 0 Å². The smallest absolute Gasteiger partial charge is 0.127 e. The monoisotopic (exact) mass is 287 g/mol. The Balaban J connectivity index is 2.00. The summed E-state index contributed by atoms with van der Waals surface area (Å²) in [7, 11) is 0. The normalized spacial score (nSPS) is 20.9. The third-order valence-electron chi connectivity index (χ3n) is 2.89. The van der Waals surface area contributed by atoms with Gasteiger partial charge in [0.1, 0.15) is 11.9 Å². The molecule has 0 saturated carbocycles. The molecular weight excluding hydrogens is 273 g/mol. The van der Waals surface area contributed by atoms with Crippen molar-refractivity contribution in [2.45, 2.75) is 12.6 Å². The molecule has 1 unspecified atom stereocenters. The van der Waals surface area contributed by atoms with E-state index in [1.54, 1.807) is 6.07 Å². The Morgan fingerprint density at radius 2 is 2.22 bits per heavy atom. The van der Waals surface area contributed by atoms with Crippen molar-refractivity contribution < 1.29 is 4.74 Å². The van der Waals surface area contributed by atoms with E-state index in [4.69, 9.17) is 39.1 Å². The molecule has 0 aliphatic carbocycles. The Bertz CT molecular complexity index is 453. The van der Waals surface area contributed by atoms with Crippen LogP contribution >= 0.6 is 23.2 Å². The van der Waals surface area contributed by atoms with Gasteiger partial charge in [0.2, 0.25) is 0 Å². The quantitative estimate of drug-likeness (QED) is 0.661. The van der Waals surface area contributed by atoms with Crippen LogP contribution in [0.3, 0.4) is 0 Å². The fraction of sp³-hybridized carbons (Fsp3) is 0.417. The molecule has 18 heavy (non-hydrogen) atoms. The van der Waals surface area contributed by atoms with Crippen molar-refractivity contribution in [3.63, 3.8) is 0 Å². The average Bonchev–Trinajstić information content (AvgIpc) is 2.34. The van der Waals surface area contributed by atoms with E-state index in [-0.39, 0.29) is 11.9 Å². The highest BCUT2D eigenvalue weighted by Crippen LogP contribution is 2.23. The molecule has 1 aromatic carbocycles. The number of benzene rings is 1. The van der Waals surface area contributed by atoms with Gasteiger partial charge in [-0.15, -0.1) is 0 Å². The molecule has 0 bridgehead atoms. The maximum absolute atomic E-state index is 7.41. The van der Waals surface area contributed by atoms with Crippen LogP contribution in [0.15, 0.2) is 18.2 Å². The summed E-state index contributed by atoms with van der Waals surface area (Å²) in [6.45, 7) is 2.80. The molecule has 1 heterocycles. The Kier molecular flexibility index (Phi) is 4.45. The average molecular weight is 288 g/mol. The van der Waals surface area contributed by atoms with Crippen LogP contribution in [0.4, 0.5) is 0 Å². The first-order chi connectivity index (χ1) is 8.56. The third kappa shape index (κ3) is 3.36. The lowest BCUT2D eigenvalue weighted by atomic mass is 10.2. The molecule has 1 aliphatic heterocycles. The first-order valence-corrected chi connectivity index (χ1v) is 6.43. The first-order valence-electron chi connectivity index (χ1n) is 5.68. The first kappa shape index (κ1) is 13.6. The number of nitrogens with one attached hydrogen (secondary N) is 1. The summed E-state index contributed by atoms with van der Waals surface area (Å²) in [4.78, 5) is 2.19. The number of amidine groups is 1. The van der Waals surface area contributed by atoms with Gasteiger partial charge in [0, 0.05) is 19.6 Å². The van der Waals surface area contributed by atoms with E-state index in [0.29, 0.717) is 23.2 Å².